The molecule has 3 rings (SSSR count). The highest BCUT2D eigenvalue weighted by Crippen LogP contribution is 2.11. The van der Waals surface area contributed by atoms with E-state index in [1.54, 1.807) is 11.8 Å². The molecule has 8 nitrogen and oxygen atoms in total. The zero-order chi connectivity index (χ0) is 20.6. The second-order valence-electron chi connectivity index (χ2n) is 7.61. The molecule has 0 atom stereocenters. The fourth-order valence-corrected chi connectivity index (χ4v) is 3.89. The molecule has 1 aromatic carbocycles. The second kappa shape index (κ2) is 10.2. The first-order valence-electron chi connectivity index (χ1n) is 10.5. The Morgan fingerprint density at radius 3 is 2.31 bits per heavy atom. The average molecular weight is 404 g/mol. The van der Waals surface area contributed by atoms with Crippen molar-refractivity contribution in [1.82, 2.24) is 15.1 Å². The normalized spacial score (nSPS) is 18.4. The van der Waals surface area contributed by atoms with Crippen LogP contribution in [0, 0.1) is 0 Å². The number of nitrogens with zero attached hydrogens (tertiary/aromatic N) is 2. The molecule has 2 saturated heterocycles. The Labute approximate surface area is 171 Å². The van der Waals surface area contributed by atoms with E-state index in [-0.39, 0.29) is 23.9 Å². The first-order valence-corrected chi connectivity index (χ1v) is 10.5. The Morgan fingerprint density at radius 2 is 1.69 bits per heavy atom. The Hall–Kier alpha value is -2.61. The highest BCUT2D eigenvalue weighted by Gasteiger charge is 2.28. The lowest BCUT2D eigenvalue weighted by Crippen LogP contribution is -3.15. The van der Waals surface area contributed by atoms with E-state index >= 15 is 0 Å². The lowest BCUT2D eigenvalue weighted by Gasteiger charge is -2.33. The van der Waals surface area contributed by atoms with Crippen LogP contribution in [0.25, 0.3) is 0 Å². The number of carbonyl (C=O) groups is 3. The number of quaternary nitrogens is 1. The van der Waals surface area contributed by atoms with E-state index in [4.69, 9.17) is 4.74 Å². The van der Waals surface area contributed by atoms with Gasteiger partial charge in [-0.1, -0.05) is 18.2 Å². The number of benzene rings is 1. The van der Waals surface area contributed by atoms with Crippen LogP contribution < -0.4 is 10.2 Å². The van der Waals surface area contributed by atoms with E-state index in [1.165, 1.54) is 4.90 Å². The van der Waals surface area contributed by atoms with E-state index in [1.807, 2.05) is 35.2 Å². The maximum atomic E-state index is 12.5. The monoisotopic (exact) mass is 403 g/mol. The Kier molecular flexibility index (Phi) is 7.46. The van der Waals surface area contributed by atoms with Gasteiger partial charge in [-0.3, -0.25) is 9.59 Å². The van der Waals surface area contributed by atoms with Crippen LogP contribution in [0.3, 0.4) is 0 Å². The number of carbonyl (C=O) groups excluding carboxylic acids is 3. The molecular formula is C21H31N4O4+. The molecule has 29 heavy (non-hydrogen) atoms. The predicted octanol–water partition coefficient (Wildman–Crippen LogP) is -0.236. The molecular weight excluding hydrogens is 372 g/mol. The van der Waals surface area contributed by atoms with Gasteiger partial charge in [-0.05, 0) is 31.9 Å². The van der Waals surface area contributed by atoms with Gasteiger partial charge in [-0.2, -0.15) is 0 Å². The standard InChI is InChI=1S/C21H30N4O4/c1-2-29-21(28)25-10-8-18(9-11-25)22-19(26)16-23-12-14-24(15-13-23)20(27)17-6-4-3-5-7-17/h3-7,18H,2,8-16H2,1H3,(H,22,26)/p+1. The van der Waals surface area contributed by atoms with Gasteiger partial charge in [0.05, 0.1) is 32.8 Å². The minimum absolute atomic E-state index is 0.0393. The zero-order valence-electron chi connectivity index (χ0n) is 17.1. The zero-order valence-corrected chi connectivity index (χ0v) is 17.1. The minimum atomic E-state index is -0.273. The summed E-state index contributed by atoms with van der Waals surface area (Å²) in [5.74, 6) is 0.0971. The summed E-state index contributed by atoms with van der Waals surface area (Å²) >= 11 is 0. The van der Waals surface area contributed by atoms with Crippen molar-refractivity contribution >= 4 is 17.9 Å². The van der Waals surface area contributed by atoms with Crippen LogP contribution in [-0.2, 0) is 9.53 Å². The van der Waals surface area contributed by atoms with Crippen molar-refractivity contribution in [2.75, 3.05) is 52.4 Å². The molecule has 0 unspecified atom stereocenters. The molecule has 2 fully saturated rings. The highest BCUT2D eigenvalue weighted by atomic mass is 16.6. The van der Waals surface area contributed by atoms with E-state index in [2.05, 4.69) is 5.32 Å². The summed E-state index contributed by atoms with van der Waals surface area (Å²) in [5.41, 5.74) is 0.711. The van der Waals surface area contributed by atoms with Crippen molar-refractivity contribution in [2.24, 2.45) is 0 Å². The maximum absolute atomic E-state index is 12.5. The number of piperazine rings is 1. The first-order chi connectivity index (χ1) is 14.1. The van der Waals surface area contributed by atoms with Crippen LogP contribution in [0.2, 0.25) is 0 Å². The largest absolute Gasteiger partial charge is 0.450 e. The molecule has 2 aliphatic heterocycles. The number of ether oxygens (including phenoxy) is 1. The van der Waals surface area contributed by atoms with Crippen molar-refractivity contribution in [2.45, 2.75) is 25.8 Å². The third-order valence-electron chi connectivity index (χ3n) is 5.58. The molecule has 2 aliphatic rings. The molecule has 0 aromatic heterocycles. The summed E-state index contributed by atoms with van der Waals surface area (Å²) in [6.07, 6.45) is 1.23. The fourth-order valence-electron chi connectivity index (χ4n) is 3.89. The Morgan fingerprint density at radius 1 is 1.03 bits per heavy atom. The van der Waals surface area contributed by atoms with E-state index in [0.29, 0.717) is 44.9 Å². The third kappa shape index (κ3) is 5.93. The smallest absolute Gasteiger partial charge is 0.409 e. The summed E-state index contributed by atoms with van der Waals surface area (Å²) in [6.45, 7) is 6.68. The third-order valence-corrected chi connectivity index (χ3v) is 5.58. The molecule has 0 saturated carbocycles. The first kappa shape index (κ1) is 21.1. The average Bonchev–Trinajstić information content (AvgIpc) is 2.75. The van der Waals surface area contributed by atoms with E-state index in [9.17, 15) is 14.4 Å². The molecule has 8 heteroatoms. The van der Waals surface area contributed by atoms with Gasteiger partial charge in [0.2, 0.25) is 0 Å². The lowest BCUT2D eigenvalue weighted by atomic mass is 10.1. The van der Waals surface area contributed by atoms with Gasteiger partial charge in [-0.25, -0.2) is 4.79 Å². The van der Waals surface area contributed by atoms with Crippen LogP contribution in [0.5, 0.6) is 0 Å². The van der Waals surface area contributed by atoms with E-state index < -0.39 is 0 Å². The van der Waals surface area contributed by atoms with Gasteiger partial charge in [0, 0.05) is 24.7 Å². The van der Waals surface area contributed by atoms with E-state index in [0.717, 1.165) is 25.9 Å². The van der Waals surface area contributed by atoms with Gasteiger partial charge in [0.25, 0.3) is 11.8 Å². The lowest BCUT2D eigenvalue weighted by molar-refractivity contribution is -0.896. The fraction of sp³-hybridized carbons (Fsp3) is 0.571. The molecule has 0 aliphatic carbocycles. The van der Waals surface area contributed by atoms with Crippen LogP contribution >= 0.6 is 0 Å². The molecule has 0 spiro atoms. The van der Waals surface area contributed by atoms with Crippen LogP contribution in [0.4, 0.5) is 4.79 Å². The van der Waals surface area contributed by atoms with Gasteiger partial charge in [0.1, 0.15) is 0 Å². The Bertz CT molecular complexity index is 696. The van der Waals surface area contributed by atoms with Crippen molar-refractivity contribution in [3.05, 3.63) is 35.9 Å². The second-order valence-corrected chi connectivity index (χ2v) is 7.61. The summed E-state index contributed by atoms with van der Waals surface area (Å²) < 4.78 is 5.02. The Balaban J connectivity index is 1.36. The van der Waals surface area contributed by atoms with Gasteiger partial charge in [-0.15, -0.1) is 0 Å². The van der Waals surface area contributed by atoms with Gasteiger partial charge >= 0.3 is 6.09 Å². The minimum Gasteiger partial charge on any atom is -0.450 e. The van der Waals surface area contributed by atoms with Crippen LogP contribution in [0.15, 0.2) is 30.3 Å². The quantitative estimate of drug-likeness (QED) is 0.711. The molecule has 2 N–H and O–H groups in total. The molecule has 2 heterocycles. The van der Waals surface area contributed by atoms with Crippen molar-refractivity contribution in [3.8, 4) is 0 Å². The summed E-state index contributed by atoms with van der Waals surface area (Å²) in [7, 11) is 0. The summed E-state index contributed by atoms with van der Waals surface area (Å²) in [5, 5.41) is 3.10. The van der Waals surface area contributed by atoms with Crippen LogP contribution in [0.1, 0.15) is 30.1 Å². The van der Waals surface area contributed by atoms with Crippen molar-refractivity contribution < 1.29 is 24.0 Å². The molecule has 0 bridgehead atoms. The number of hydrogen-bond donors (Lipinski definition) is 2. The molecule has 158 valence electrons. The summed E-state index contributed by atoms with van der Waals surface area (Å²) in [6, 6.07) is 9.42. The SMILES string of the molecule is CCOC(=O)N1CCC(NC(=O)C[NH+]2CCN(C(=O)c3ccccc3)CC2)CC1. The topological polar surface area (TPSA) is 83.4 Å². The number of piperidine rings is 1. The molecule has 3 amide bonds. The molecule has 0 radical (unpaired) electrons. The van der Waals surface area contributed by atoms with Gasteiger partial charge < -0.3 is 24.8 Å². The number of nitrogens with one attached hydrogen (secondary N) is 2. The van der Waals surface area contributed by atoms with Gasteiger partial charge in [0.15, 0.2) is 6.54 Å². The molecule has 1 aromatic rings. The van der Waals surface area contributed by atoms with Crippen LogP contribution in [-0.4, -0.2) is 86.2 Å². The number of likely N-dealkylation sites (tertiary alicyclic amines) is 1. The summed E-state index contributed by atoms with van der Waals surface area (Å²) in [4.78, 5) is 41.4. The van der Waals surface area contributed by atoms with Crippen molar-refractivity contribution in [1.29, 1.82) is 0 Å². The number of amides is 3. The maximum Gasteiger partial charge on any atom is 0.409 e. The number of rotatable bonds is 5. The highest BCUT2D eigenvalue weighted by molar-refractivity contribution is 5.94. The number of hydrogen-bond acceptors (Lipinski definition) is 4. The van der Waals surface area contributed by atoms with Crippen molar-refractivity contribution in [3.63, 3.8) is 0 Å². The predicted molar refractivity (Wildman–Crippen MR) is 108 cm³/mol.